The van der Waals surface area contributed by atoms with Crippen LogP contribution < -0.4 is 5.32 Å². The quantitative estimate of drug-likeness (QED) is 0.0425. The van der Waals surface area contributed by atoms with Crippen LogP contribution in [0, 0.1) is 16.7 Å². The summed E-state index contributed by atoms with van der Waals surface area (Å²) in [5, 5.41) is 48.6. The monoisotopic (exact) mass is 1060 g/mol. The number of nitrogens with one attached hydrogen (secondary N) is 1. The van der Waals surface area contributed by atoms with Gasteiger partial charge in [0.15, 0.2) is 23.6 Å². The number of fused-ring (bicyclic) bond motifs is 5. The average molecular weight is 1060 g/mol. The molecule has 8 N–H and O–H groups in total. The van der Waals surface area contributed by atoms with Gasteiger partial charge < -0.3 is 68.6 Å². The Kier molecular flexibility index (Phi) is 18.4. The molecule has 74 heavy (non-hydrogen) atoms. The number of amides is 1. The molecular formula is C52H68N2O19P+. The van der Waals surface area contributed by atoms with Crippen molar-refractivity contribution in [3.8, 4) is 0 Å². The number of aliphatic hydroxyl groups is 4. The standard InChI is InChI=1S/C47H51NO14.C5H14NO.H3O4P/c1-25-31(60-43(56)36(52)35(28-16-10-7-11-17-28)48-41(54)29-18-12-8-13-19-29)23-47(57)40(61-42(55)30-20-14-9-15-21-30)38-45(6,32(51)22-33-46(38,24-58-33)62-27(3)50)39(53)37(59-26(2)49)34(25)44(47,4)5;1-6(2,3)4-5-7;1-5(2,3)4/h7-21,31-33,35-38,40,51-52,57H,22-24H2,1-6H3,(H,48,54);7H,4-5H2,1-3H3;(H3,1,2,3,4)/q;+1;/t31-,32-,33+,35-,36+,37+,38-,40-,45+,46-,47+;;/m0../s1. The van der Waals surface area contributed by atoms with Crippen LogP contribution in [0.2, 0.25) is 0 Å². The van der Waals surface area contributed by atoms with E-state index in [1.54, 1.807) is 92.7 Å². The fourth-order valence-corrected chi connectivity index (χ4v) is 10.5. The Morgan fingerprint density at radius 1 is 0.838 bits per heavy atom. The highest BCUT2D eigenvalue weighted by Crippen LogP contribution is 2.64. The lowest BCUT2D eigenvalue weighted by atomic mass is 9.44. The summed E-state index contributed by atoms with van der Waals surface area (Å²) in [5.74, 6) is -6.84. The van der Waals surface area contributed by atoms with Crippen molar-refractivity contribution in [3.05, 3.63) is 119 Å². The van der Waals surface area contributed by atoms with Gasteiger partial charge in [-0.25, -0.2) is 14.2 Å². The Hall–Kier alpha value is -5.71. The average Bonchev–Trinajstić information content (AvgIpc) is 3.31. The van der Waals surface area contributed by atoms with Crippen LogP contribution in [0.1, 0.15) is 86.7 Å². The van der Waals surface area contributed by atoms with Gasteiger partial charge in [-0.05, 0) is 54.8 Å². The number of hydrogen-bond donors (Lipinski definition) is 8. The molecule has 0 unspecified atom stereocenters. The molecule has 1 aliphatic heterocycles. The van der Waals surface area contributed by atoms with Crippen molar-refractivity contribution < 1.29 is 96.6 Å². The summed E-state index contributed by atoms with van der Waals surface area (Å²) in [6, 6.07) is 22.9. The number of hydrogen-bond acceptors (Lipinski definition) is 16. The van der Waals surface area contributed by atoms with Crippen molar-refractivity contribution >= 4 is 43.4 Å². The molecule has 3 aromatic rings. The van der Waals surface area contributed by atoms with E-state index >= 15 is 4.79 Å². The van der Waals surface area contributed by atoms with Crippen LogP contribution in [0.25, 0.3) is 0 Å². The van der Waals surface area contributed by atoms with E-state index in [0.29, 0.717) is 5.56 Å². The van der Waals surface area contributed by atoms with E-state index in [0.717, 1.165) is 24.9 Å². The molecule has 0 radical (unpaired) electrons. The third-order valence-corrected chi connectivity index (χ3v) is 14.3. The molecule has 21 nitrogen and oxygen atoms in total. The highest BCUT2D eigenvalue weighted by atomic mass is 31.2. The third-order valence-electron chi connectivity index (χ3n) is 14.3. The zero-order chi connectivity index (χ0) is 55.4. The fraction of sp³-hybridized carbons (Fsp3) is 0.500. The predicted molar refractivity (Wildman–Crippen MR) is 262 cm³/mol. The first-order valence-corrected chi connectivity index (χ1v) is 25.3. The smallest absolute Gasteiger partial charge is 0.456 e. The van der Waals surface area contributed by atoms with Gasteiger partial charge in [-0.2, -0.15) is 0 Å². The molecule has 0 aromatic heterocycles. The minimum absolute atomic E-state index is 0.00289. The maximum Gasteiger partial charge on any atom is 0.466 e. The van der Waals surface area contributed by atoms with Gasteiger partial charge in [0.2, 0.25) is 0 Å². The number of rotatable bonds is 12. The van der Waals surface area contributed by atoms with Crippen molar-refractivity contribution in [2.75, 3.05) is 40.9 Å². The molecule has 7 rings (SSSR count). The molecule has 404 valence electrons. The zero-order valence-corrected chi connectivity index (χ0v) is 43.6. The summed E-state index contributed by atoms with van der Waals surface area (Å²) in [4.78, 5) is 105. The highest BCUT2D eigenvalue weighted by Gasteiger charge is 2.78. The summed E-state index contributed by atoms with van der Waals surface area (Å²) < 4.78 is 40.0. The van der Waals surface area contributed by atoms with E-state index in [9.17, 15) is 39.3 Å². The maximum absolute atomic E-state index is 15.5. The number of ether oxygens (including phenoxy) is 5. The lowest BCUT2D eigenvalue weighted by Gasteiger charge is -2.67. The van der Waals surface area contributed by atoms with Crippen molar-refractivity contribution in [1.82, 2.24) is 5.32 Å². The molecule has 4 aliphatic rings. The molecule has 3 fully saturated rings. The number of esters is 4. The third kappa shape index (κ3) is 12.7. The van der Waals surface area contributed by atoms with Crippen LogP contribution in [0.4, 0.5) is 0 Å². The first-order chi connectivity index (χ1) is 34.3. The molecule has 1 amide bonds. The number of benzene rings is 3. The molecule has 3 aromatic carbocycles. The van der Waals surface area contributed by atoms with Crippen LogP contribution in [0.3, 0.4) is 0 Å². The fourth-order valence-electron chi connectivity index (χ4n) is 10.5. The van der Waals surface area contributed by atoms with Gasteiger partial charge in [0.25, 0.3) is 5.91 Å². The molecule has 11 atom stereocenters. The Labute approximate surface area is 428 Å². The molecule has 3 aliphatic carbocycles. The van der Waals surface area contributed by atoms with Gasteiger partial charge in [-0.1, -0.05) is 80.6 Å². The summed E-state index contributed by atoms with van der Waals surface area (Å²) in [5.41, 5.74) is -7.02. The topological polar surface area (TPSA) is 319 Å². The van der Waals surface area contributed by atoms with Crippen molar-refractivity contribution in [2.45, 2.75) is 108 Å². The van der Waals surface area contributed by atoms with E-state index in [4.69, 9.17) is 48.0 Å². The second-order valence-corrected chi connectivity index (χ2v) is 21.6. The highest BCUT2D eigenvalue weighted by molar-refractivity contribution is 7.45. The number of Topliss-reactive ketones (excluding diaryl/α,β-unsaturated/α-hetero) is 1. The van der Waals surface area contributed by atoms with Crippen molar-refractivity contribution in [3.63, 3.8) is 0 Å². The number of ketones is 1. The first-order valence-electron chi connectivity index (χ1n) is 23.7. The van der Waals surface area contributed by atoms with Gasteiger partial charge in [-0.3, -0.25) is 19.2 Å². The van der Waals surface area contributed by atoms with Crippen LogP contribution in [0.5, 0.6) is 0 Å². The largest absolute Gasteiger partial charge is 0.466 e. The van der Waals surface area contributed by atoms with E-state index in [-0.39, 0.29) is 41.9 Å². The molecule has 1 heterocycles. The molecule has 2 saturated carbocycles. The summed E-state index contributed by atoms with van der Waals surface area (Å²) in [6.45, 7) is 9.09. The molecule has 2 bridgehead atoms. The second-order valence-electron chi connectivity index (χ2n) is 20.6. The van der Waals surface area contributed by atoms with Crippen LogP contribution >= 0.6 is 7.82 Å². The summed E-state index contributed by atoms with van der Waals surface area (Å²) in [7, 11) is 1.52. The SMILES string of the molecule is CC(=O)O[C@H]1C(=O)[C@@]2(C)[C@H]([C@H](OC(=O)c3ccccc3)[C@]3(O)C[C@H](OC(=O)[C@H](O)[C@@H](NC(=O)c4ccccc4)c4ccccc4)C(C)=C1C3(C)C)[C@]1(OC(C)=O)CO[C@@H]1C[C@@H]2O.C[N+](C)(C)CCO.O=P(O)(O)O. The van der Waals surface area contributed by atoms with Gasteiger partial charge in [0.1, 0.15) is 30.5 Å². The van der Waals surface area contributed by atoms with Crippen LogP contribution in [-0.4, -0.2) is 164 Å². The number of phosphoric acid groups is 1. The predicted octanol–water partition coefficient (Wildman–Crippen LogP) is 2.49. The first kappa shape index (κ1) is 59.2. The van der Waals surface area contributed by atoms with Gasteiger partial charge in [0, 0.05) is 37.7 Å². The summed E-state index contributed by atoms with van der Waals surface area (Å²) >= 11 is 0. The van der Waals surface area contributed by atoms with Crippen LogP contribution in [0.15, 0.2) is 102 Å². The number of aliphatic hydroxyl groups excluding tert-OH is 3. The molecule has 22 heteroatoms. The minimum Gasteiger partial charge on any atom is -0.456 e. The number of carbonyl (C=O) groups is 6. The van der Waals surface area contributed by atoms with E-state index < -0.39 is 120 Å². The summed E-state index contributed by atoms with van der Waals surface area (Å²) in [6.07, 6.45) is -10.5. The maximum atomic E-state index is 15.5. The van der Waals surface area contributed by atoms with Gasteiger partial charge in [0.05, 0.1) is 63.4 Å². The Bertz CT molecular complexity index is 2590. The minimum atomic E-state index is -4.64. The van der Waals surface area contributed by atoms with Gasteiger partial charge in [-0.15, -0.1) is 0 Å². The number of carbonyl (C=O) groups excluding carboxylic acids is 6. The molecule has 0 spiro atoms. The Morgan fingerprint density at radius 3 is 1.82 bits per heavy atom. The molecule has 1 saturated heterocycles. The van der Waals surface area contributed by atoms with Gasteiger partial charge >= 0.3 is 31.7 Å². The van der Waals surface area contributed by atoms with E-state index in [1.165, 1.54) is 26.0 Å². The van der Waals surface area contributed by atoms with E-state index in [2.05, 4.69) is 26.5 Å². The van der Waals surface area contributed by atoms with Crippen molar-refractivity contribution in [1.29, 1.82) is 0 Å². The van der Waals surface area contributed by atoms with E-state index in [1.807, 2.05) is 0 Å². The lowest BCUT2D eigenvalue weighted by molar-refractivity contribution is -0.870. The second kappa shape index (κ2) is 23.0. The zero-order valence-electron chi connectivity index (χ0n) is 42.7. The number of likely N-dealkylation sites (N-methyl/N-ethyl adjacent to an activating group) is 1. The number of quaternary nitrogens is 1. The number of nitrogens with zero attached hydrogens (tertiary/aromatic N) is 1. The normalized spacial score (nSPS) is 28.6. The lowest BCUT2D eigenvalue weighted by Crippen LogP contribution is -2.82. The van der Waals surface area contributed by atoms with Crippen LogP contribution in [-0.2, 0) is 47.4 Å². The van der Waals surface area contributed by atoms with Crippen molar-refractivity contribution in [2.24, 2.45) is 16.7 Å². The molecular weight excluding hydrogens is 988 g/mol. The Balaban J connectivity index is 0.000000756. The Morgan fingerprint density at radius 2 is 1.36 bits per heavy atom.